The van der Waals surface area contributed by atoms with E-state index in [1.165, 1.54) is 0 Å². The summed E-state index contributed by atoms with van der Waals surface area (Å²) in [5.41, 5.74) is 2.39. The monoisotopic (exact) mass is 225 g/mol. The number of nitrogens with one attached hydrogen (secondary N) is 1. The van der Waals surface area contributed by atoms with Crippen molar-refractivity contribution in [2.45, 2.75) is 0 Å². The molecule has 3 aromatic rings. The number of rotatable bonds is 1. The number of hydrogen-bond donors (Lipinski definition) is 1. The Kier molecular flexibility index (Phi) is 2.08. The van der Waals surface area contributed by atoms with Crippen LogP contribution in [0.25, 0.3) is 22.4 Å². The van der Waals surface area contributed by atoms with Crippen molar-refractivity contribution in [2.24, 2.45) is 7.05 Å². The highest BCUT2D eigenvalue weighted by Gasteiger charge is 2.11. The fourth-order valence-electron chi connectivity index (χ4n) is 1.98. The van der Waals surface area contributed by atoms with Gasteiger partial charge in [0.1, 0.15) is 5.82 Å². The van der Waals surface area contributed by atoms with Gasteiger partial charge in [0, 0.05) is 13.2 Å². The number of aromatic amines is 1. The Bertz CT molecular complexity index is 740. The van der Waals surface area contributed by atoms with Crippen LogP contribution in [0, 0.1) is 0 Å². The summed E-state index contributed by atoms with van der Waals surface area (Å²) in [7, 11) is 1.91. The van der Waals surface area contributed by atoms with Gasteiger partial charge in [-0.25, -0.2) is 4.98 Å². The number of aryl methyl sites for hydroxylation is 1. The fraction of sp³-hybridized carbons (Fsp3) is 0.0769. The topological polar surface area (TPSA) is 50.7 Å². The number of nitrogens with zero attached hydrogens (tertiary/aromatic N) is 2. The molecule has 1 N–H and O–H groups in total. The third-order valence-electron chi connectivity index (χ3n) is 2.85. The van der Waals surface area contributed by atoms with E-state index in [1.54, 1.807) is 18.3 Å². The Morgan fingerprint density at radius 1 is 1.18 bits per heavy atom. The van der Waals surface area contributed by atoms with Gasteiger partial charge < -0.3 is 9.55 Å². The maximum Gasteiger partial charge on any atom is 0.258 e. The number of benzene rings is 1. The molecular formula is C13H11N3O. The predicted octanol–water partition coefficient (Wildman–Crippen LogP) is 1.93. The van der Waals surface area contributed by atoms with E-state index in [1.807, 2.05) is 35.9 Å². The molecule has 0 saturated carbocycles. The van der Waals surface area contributed by atoms with Gasteiger partial charge in [0.05, 0.1) is 16.6 Å². The molecule has 4 heteroatoms. The lowest BCUT2D eigenvalue weighted by molar-refractivity contribution is 0.954. The number of H-pyrrole nitrogens is 1. The lowest BCUT2D eigenvalue weighted by Gasteiger charge is -2.00. The van der Waals surface area contributed by atoms with Crippen molar-refractivity contribution < 1.29 is 0 Å². The van der Waals surface area contributed by atoms with Gasteiger partial charge in [0.15, 0.2) is 0 Å². The van der Waals surface area contributed by atoms with Gasteiger partial charge in [-0.3, -0.25) is 4.79 Å². The van der Waals surface area contributed by atoms with Crippen LogP contribution in [-0.2, 0) is 7.05 Å². The molecule has 17 heavy (non-hydrogen) atoms. The summed E-state index contributed by atoms with van der Waals surface area (Å²) in [5, 5.41) is 0. The molecule has 0 aliphatic carbocycles. The van der Waals surface area contributed by atoms with Gasteiger partial charge in [-0.2, -0.15) is 0 Å². The highest BCUT2D eigenvalue weighted by Crippen LogP contribution is 2.20. The van der Waals surface area contributed by atoms with Gasteiger partial charge >= 0.3 is 0 Å². The minimum atomic E-state index is -0.120. The number of pyridine rings is 1. The summed E-state index contributed by atoms with van der Waals surface area (Å²) in [4.78, 5) is 18.9. The summed E-state index contributed by atoms with van der Waals surface area (Å²) in [6, 6.07) is 11.4. The van der Waals surface area contributed by atoms with Gasteiger partial charge in [-0.1, -0.05) is 12.1 Å². The lowest BCUT2D eigenvalue weighted by atomic mass is 10.2. The number of hydrogen-bond acceptors (Lipinski definition) is 2. The van der Waals surface area contributed by atoms with Gasteiger partial charge in [-0.05, 0) is 24.3 Å². The largest absolute Gasteiger partial charge is 0.328 e. The first-order valence-electron chi connectivity index (χ1n) is 5.37. The number of fused-ring (bicyclic) bond motifs is 1. The second-order valence-corrected chi connectivity index (χ2v) is 3.90. The number of para-hydroxylation sites is 2. The Morgan fingerprint density at radius 3 is 2.76 bits per heavy atom. The molecule has 0 saturated heterocycles. The molecule has 0 aliphatic rings. The molecule has 2 heterocycles. The van der Waals surface area contributed by atoms with Crippen LogP contribution in [0.4, 0.5) is 0 Å². The van der Waals surface area contributed by atoms with Crippen molar-refractivity contribution in [3.05, 3.63) is 52.9 Å². The quantitative estimate of drug-likeness (QED) is 0.688. The molecule has 0 fully saturated rings. The highest BCUT2D eigenvalue weighted by atomic mass is 16.1. The maximum absolute atomic E-state index is 11.7. The van der Waals surface area contributed by atoms with Crippen LogP contribution in [0.1, 0.15) is 0 Å². The maximum atomic E-state index is 11.7. The lowest BCUT2D eigenvalue weighted by Crippen LogP contribution is -2.09. The highest BCUT2D eigenvalue weighted by molar-refractivity contribution is 5.80. The van der Waals surface area contributed by atoms with E-state index in [0.29, 0.717) is 11.4 Å². The first-order valence-corrected chi connectivity index (χ1v) is 5.37. The summed E-state index contributed by atoms with van der Waals surface area (Å²) in [6.45, 7) is 0. The molecule has 3 rings (SSSR count). The Morgan fingerprint density at radius 2 is 2.00 bits per heavy atom. The molecule has 1 aromatic carbocycles. The van der Waals surface area contributed by atoms with Crippen molar-refractivity contribution in [3.8, 4) is 11.4 Å². The van der Waals surface area contributed by atoms with Gasteiger partial charge in [0.2, 0.25) is 0 Å². The van der Waals surface area contributed by atoms with E-state index in [9.17, 15) is 4.79 Å². The molecule has 0 radical (unpaired) electrons. The molecule has 4 nitrogen and oxygen atoms in total. The van der Waals surface area contributed by atoms with Crippen molar-refractivity contribution in [1.29, 1.82) is 0 Å². The Balaban J connectivity index is 2.36. The molecule has 0 aliphatic heterocycles. The Hall–Kier alpha value is -2.36. The van der Waals surface area contributed by atoms with Crippen molar-refractivity contribution in [2.75, 3.05) is 0 Å². The number of aromatic nitrogens is 3. The van der Waals surface area contributed by atoms with Crippen molar-refractivity contribution in [3.63, 3.8) is 0 Å². The van der Waals surface area contributed by atoms with E-state index in [4.69, 9.17) is 0 Å². The van der Waals surface area contributed by atoms with E-state index in [-0.39, 0.29) is 5.56 Å². The summed E-state index contributed by atoms with van der Waals surface area (Å²) in [5.74, 6) is 0.688. The summed E-state index contributed by atoms with van der Waals surface area (Å²) >= 11 is 0. The zero-order chi connectivity index (χ0) is 11.8. The van der Waals surface area contributed by atoms with Crippen LogP contribution in [0.15, 0.2) is 47.4 Å². The molecular weight excluding hydrogens is 214 g/mol. The smallest absolute Gasteiger partial charge is 0.258 e. The third kappa shape index (κ3) is 1.45. The molecule has 0 amide bonds. The second-order valence-electron chi connectivity index (χ2n) is 3.90. The average molecular weight is 225 g/mol. The van der Waals surface area contributed by atoms with Crippen LogP contribution in [0.2, 0.25) is 0 Å². The first-order chi connectivity index (χ1) is 8.27. The SMILES string of the molecule is Cn1c(-c2ccc[nH]c2=O)nc2ccccc21. The van der Waals surface area contributed by atoms with Crippen LogP contribution >= 0.6 is 0 Å². The van der Waals surface area contributed by atoms with Crippen molar-refractivity contribution >= 4 is 11.0 Å². The van der Waals surface area contributed by atoms with Gasteiger partial charge in [-0.15, -0.1) is 0 Å². The molecule has 0 bridgehead atoms. The van der Waals surface area contributed by atoms with E-state index in [0.717, 1.165) is 11.0 Å². The zero-order valence-corrected chi connectivity index (χ0v) is 9.34. The second kappa shape index (κ2) is 3.59. The summed E-state index contributed by atoms with van der Waals surface area (Å²) < 4.78 is 1.93. The third-order valence-corrected chi connectivity index (χ3v) is 2.85. The van der Waals surface area contributed by atoms with Crippen LogP contribution in [0.3, 0.4) is 0 Å². The minimum Gasteiger partial charge on any atom is -0.328 e. The Labute approximate surface area is 97.6 Å². The van der Waals surface area contributed by atoms with Gasteiger partial charge in [0.25, 0.3) is 5.56 Å². The standard InChI is InChI=1S/C13H11N3O/c1-16-11-7-3-2-6-10(11)15-12(16)9-5-4-8-14-13(9)17/h2-8H,1H3,(H,14,17). The molecule has 0 unspecified atom stereocenters. The van der Waals surface area contributed by atoms with E-state index in [2.05, 4.69) is 9.97 Å². The van der Waals surface area contributed by atoms with E-state index < -0.39 is 0 Å². The average Bonchev–Trinajstić information content (AvgIpc) is 2.68. The summed E-state index contributed by atoms with van der Waals surface area (Å²) in [6.07, 6.45) is 1.62. The molecule has 0 spiro atoms. The first kappa shape index (κ1) is 9.84. The molecule has 2 aromatic heterocycles. The zero-order valence-electron chi connectivity index (χ0n) is 9.34. The van der Waals surface area contributed by atoms with Crippen LogP contribution in [-0.4, -0.2) is 14.5 Å². The van der Waals surface area contributed by atoms with Crippen LogP contribution in [0.5, 0.6) is 0 Å². The minimum absolute atomic E-state index is 0.120. The fourth-order valence-corrected chi connectivity index (χ4v) is 1.98. The normalized spacial score (nSPS) is 10.9. The number of imidazole rings is 1. The predicted molar refractivity (Wildman–Crippen MR) is 66.8 cm³/mol. The van der Waals surface area contributed by atoms with Crippen molar-refractivity contribution in [1.82, 2.24) is 14.5 Å². The molecule has 0 atom stereocenters. The molecule has 84 valence electrons. The van der Waals surface area contributed by atoms with E-state index >= 15 is 0 Å². The van der Waals surface area contributed by atoms with Crippen LogP contribution < -0.4 is 5.56 Å².